The van der Waals surface area contributed by atoms with Crippen molar-refractivity contribution in [1.29, 1.82) is 0 Å². The van der Waals surface area contributed by atoms with Crippen LogP contribution in [-0.4, -0.2) is 55.7 Å². The fourth-order valence-electron chi connectivity index (χ4n) is 4.04. The van der Waals surface area contributed by atoms with Gasteiger partial charge in [0.1, 0.15) is 6.34 Å². The van der Waals surface area contributed by atoms with Crippen LogP contribution in [0.4, 0.5) is 0 Å². The molecule has 2 aliphatic heterocycles. The number of hydrogen-bond donors (Lipinski definition) is 0. The molecule has 3 aliphatic rings. The van der Waals surface area contributed by atoms with Gasteiger partial charge in [0.15, 0.2) is 0 Å². The molecule has 134 valence electrons. The molecule has 1 saturated heterocycles. The molecule has 0 spiro atoms. The zero-order chi connectivity index (χ0) is 17.9. The summed E-state index contributed by atoms with van der Waals surface area (Å²) in [5, 5.41) is 0. The molecule has 0 aromatic heterocycles. The summed E-state index contributed by atoms with van der Waals surface area (Å²) in [6, 6.07) is 10.5. The van der Waals surface area contributed by atoms with Gasteiger partial charge in [0.2, 0.25) is 5.91 Å². The van der Waals surface area contributed by atoms with Crippen LogP contribution in [0.25, 0.3) is 5.57 Å². The molecule has 1 aromatic carbocycles. The van der Waals surface area contributed by atoms with Gasteiger partial charge in [-0.3, -0.25) is 9.79 Å². The number of amides is 1. The van der Waals surface area contributed by atoms with Crippen LogP contribution in [0.1, 0.15) is 12.5 Å². The Balaban J connectivity index is 1.67. The smallest absolute Gasteiger partial charge is 0.246 e. The number of carbonyl (C=O) groups excluding carboxylic acids is 1. The summed E-state index contributed by atoms with van der Waals surface area (Å²) in [6.45, 7) is 4.74. The van der Waals surface area contributed by atoms with Gasteiger partial charge >= 0.3 is 0 Å². The highest BCUT2D eigenvalue weighted by molar-refractivity contribution is 5.92. The molecule has 1 aliphatic carbocycles. The number of fused-ring (bicyclic) bond motifs is 1. The van der Waals surface area contributed by atoms with E-state index in [0.29, 0.717) is 26.3 Å². The largest absolute Gasteiger partial charge is 0.378 e. The molecule has 3 atom stereocenters. The standard InChI is InChI=1S/C21H23N3O2/c1-15-20(16-5-3-2-4-6-16)17(18-13-22-14-23-21(15)18)7-8-19(25)24-9-11-26-12-10-24/h2-8,13-15,18,21H,9-12H2,1H3/b8-7+. The third kappa shape index (κ3) is 3.15. The van der Waals surface area contributed by atoms with Crippen molar-refractivity contribution in [3.63, 3.8) is 0 Å². The van der Waals surface area contributed by atoms with Crippen LogP contribution in [0, 0.1) is 11.8 Å². The third-order valence-electron chi connectivity index (χ3n) is 5.37. The molecule has 5 nitrogen and oxygen atoms in total. The second-order valence-corrected chi connectivity index (χ2v) is 6.87. The second-order valence-electron chi connectivity index (χ2n) is 6.87. The number of benzene rings is 1. The van der Waals surface area contributed by atoms with Crippen molar-refractivity contribution in [3.05, 3.63) is 53.6 Å². The van der Waals surface area contributed by atoms with Gasteiger partial charge in [-0.1, -0.05) is 43.3 Å². The zero-order valence-electron chi connectivity index (χ0n) is 14.9. The molecule has 0 bridgehead atoms. The van der Waals surface area contributed by atoms with Crippen LogP contribution in [0.3, 0.4) is 0 Å². The second kappa shape index (κ2) is 7.38. The van der Waals surface area contributed by atoms with Crippen LogP contribution < -0.4 is 0 Å². The van der Waals surface area contributed by atoms with E-state index in [1.807, 2.05) is 23.3 Å². The Morgan fingerprint density at radius 3 is 2.77 bits per heavy atom. The topological polar surface area (TPSA) is 54.3 Å². The molecule has 0 saturated carbocycles. The Morgan fingerprint density at radius 2 is 2.00 bits per heavy atom. The molecule has 0 N–H and O–H groups in total. The van der Waals surface area contributed by atoms with E-state index in [4.69, 9.17) is 4.74 Å². The Bertz CT molecular complexity index is 789. The highest BCUT2D eigenvalue weighted by Crippen LogP contribution is 2.44. The molecule has 1 amide bonds. The van der Waals surface area contributed by atoms with Crippen molar-refractivity contribution in [3.8, 4) is 0 Å². The minimum absolute atomic E-state index is 0.0422. The lowest BCUT2D eigenvalue weighted by Gasteiger charge is -2.25. The van der Waals surface area contributed by atoms with E-state index >= 15 is 0 Å². The summed E-state index contributed by atoms with van der Waals surface area (Å²) in [7, 11) is 0. The maximum Gasteiger partial charge on any atom is 0.246 e. The maximum absolute atomic E-state index is 12.5. The van der Waals surface area contributed by atoms with Gasteiger partial charge in [0.05, 0.1) is 19.3 Å². The minimum Gasteiger partial charge on any atom is -0.378 e. The fraction of sp³-hybridized carbons (Fsp3) is 0.381. The molecule has 4 rings (SSSR count). The summed E-state index contributed by atoms with van der Waals surface area (Å²) in [5.41, 5.74) is 3.60. The van der Waals surface area contributed by atoms with Gasteiger partial charge in [-0.05, 0) is 16.7 Å². The van der Waals surface area contributed by atoms with E-state index in [-0.39, 0.29) is 23.8 Å². The van der Waals surface area contributed by atoms with Gasteiger partial charge < -0.3 is 9.64 Å². The Hall–Kier alpha value is -2.53. The minimum atomic E-state index is 0.0422. The maximum atomic E-state index is 12.5. The van der Waals surface area contributed by atoms with Crippen molar-refractivity contribution >= 4 is 24.0 Å². The number of nitrogens with zero attached hydrogens (tertiary/aromatic N) is 3. The zero-order valence-corrected chi connectivity index (χ0v) is 14.9. The van der Waals surface area contributed by atoms with Gasteiger partial charge in [-0.2, -0.15) is 0 Å². The predicted molar refractivity (Wildman–Crippen MR) is 103 cm³/mol. The van der Waals surface area contributed by atoms with Crippen molar-refractivity contribution in [2.75, 3.05) is 26.3 Å². The van der Waals surface area contributed by atoms with Crippen LogP contribution >= 0.6 is 0 Å². The first-order chi connectivity index (χ1) is 12.8. The Labute approximate surface area is 153 Å². The molecule has 0 radical (unpaired) electrons. The molecule has 2 heterocycles. The lowest BCUT2D eigenvalue weighted by Crippen LogP contribution is -2.39. The quantitative estimate of drug-likeness (QED) is 0.788. The first-order valence-corrected chi connectivity index (χ1v) is 9.15. The van der Waals surface area contributed by atoms with E-state index < -0.39 is 0 Å². The number of rotatable bonds is 3. The van der Waals surface area contributed by atoms with Crippen LogP contribution in [0.5, 0.6) is 0 Å². The number of carbonyl (C=O) groups is 1. The predicted octanol–water partition coefficient (Wildman–Crippen LogP) is 2.60. The monoisotopic (exact) mass is 349 g/mol. The first-order valence-electron chi connectivity index (χ1n) is 9.15. The average molecular weight is 349 g/mol. The number of allylic oxidation sites excluding steroid dienone is 1. The summed E-state index contributed by atoms with van der Waals surface area (Å²) in [4.78, 5) is 23.2. The lowest BCUT2D eigenvalue weighted by molar-refractivity contribution is -0.129. The normalized spacial score (nSPS) is 28.0. The van der Waals surface area contributed by atoms with Gasteiger partial charge in [-0.25, -0.2) is 4.99 Å². The van der Waals surface area contributed by atoms with Crippen molar-refractivity contribution in [1.82, 2.24) is 4.90 Å². The molecule has 3 unspecified atom stereocenters. The van der Waals surface area contributed by atoms with Gasteiger partial charge in [0.25, 0.3) is 0 Å². The summed E-state index contributed by atoms with van der Waals surface area (Å²) in [5.74, 6) is 0.447. The van der Waals surface area contributed by atoms with Crippen LogP contribution in [-0.2, 0) is 9.53 Å². The van der Waals surface area contributed by atoms with Gasteiger partial charge in [0, 0.05) is 37.2 Å². The first kappa shape index (κ1) is 16.9. The van der Waals surface area contributed by atoms with Crippen LogP contribution in [0.15, 0.2) is 58.0 Å². The van der Waals surface area contributed by atoms with Crippen molar-refractivity contribution < 1.29 is 9.53 Å². The van der Waals surface area contributed by atoms with Crippen LogP contribution in [0.2, 0.25) is 0 Å². The molecular formula is C21H23N3O2. The van der Waals surface area contributed by atoms with E-state index in [1.165, 1.54) is 11.1 Å². The summed E-state index contributed by atoms with van der Waals surface area (Å²) < 4.78 is 5.33. The number of ether oxygens (including phenoxy) is 1. The van der Waals surface area contributed by atoms with E-state index in [0.717, 1.165) is 5.57 Å². The van der Waals surface area contributed by atoms with E-state index in [1.54, 1.807) is 12.4 Å². The number of aliphatic imine (C=N–C) groups is 2. The highest BCUT2D eigenvalue weighted by Gasteiger charge is 2.39. The van der Waals surface area contributed by atoms with Crippen molar-refractivity contribution in [2.45, 2.75) is 13.0 Å². The van der Waals surface area contributed by atoms with Crippen molar-refractivity contribution in [2.24, 2.45) is 21.8 Å². The third-order valence-corrected chi connectivity index (χ3v) is 5.37. The Kier molecular flexibility index (Phi) is 4.80. The average Bonchev–Trinajstić information content (AvgIpc) is 2.99. The number of hydrogen-bond acceptors (Lipinski definition) is 4. The van der Waals surface area contributed by atoms with E-state index in [9.17, 15) is 4.79 Å². The Morgan fingerprint density at radius 1 is 1.23 bits per heavy atom. The van der Waals surface area contributed by atoms with E-state index in [2.05, 4.69) is 41.2 Å². The summed E-state index contributed by atoms with van der Waals surface area (Å²) >= 11 is 0. The fourth-order valence-corrected chi connectivity index (χ4v) is 4.04. The molecular weight excluding hydrogens is 326 g/mol. The molecule has 5 heteroatoms. The van der Waals surface area contributed by atoms with Gasteiger partial charge in [-0.15, -0.1) is 0 Å². The summed E-state index contributed by atoms with van der Waals surface area (Å²) in [6.07, 6.45) is 7.29. The number of morpholine rings is 1. The molecule has 1 aromatic rings. The molecule has 1 fully saturated rings. The SMILES string of the molecule is CC1C(c2ccccc2)=C(/C=C/C(=O)N2CCOCC2)C2C=NC=NC12. The molecule has 26 heavy (non-hydrogen) atoms. The highest BCUT2D eigenvalue weighted by atomic mass is 16.5. The lowest BCUT2D eigenvalue weighted by atomic mass is 9.92.